The molecule has 1 aliphatic rings. The van der Waals surface area contributed by atoms with Crippen molar-refractivity contribution in [2.75, 3.05) is 5.32 Å². The van der Waals surface area contributed by atoms with Crippen molar-refractivity contribution in [2.24, 2.45) is 11.3 Å². The van der Waals surface area contributed by atoms with Crippen molar-refractivity contribution in [3.63, 3.8) is 0 Å². The van der Waals surface area contributed by atoms with Crippen LogP contribution in [0.15, 0.2) is 18.2 Å². The third-order valence-corrected chi connectivity index (χ3v) is 3.42. The van der Waals surface area contributed by atoms with Crippen LogP contribution in [-0.4, -0.2) is 5.91 Å². The van der Waals surface area contributed by atoms with Crippen molar-refractivity contribution in [1.82, 2.24) is 0 Å². The molecule has 1 aliphatic carbocycles. The summed E-state index contributed by atoms with van der Waals surface area (Å²) < 4.78 is 0. The summed E-state index contributed by atoms with van der Waals surface area (Å²) in [6.07, 6.45) is 0.890. The number of hydrogen-bond donors (Lipinski definition) is 1. The molecule has 1 aromatic carbocycles. The van der Waals surface area contributed by atoms with Crippen LogP contribution in [0.25, 0.3) is 0 Å². The molecule has 1 atom stereocenters. The van der Waals surface area contributed by atoms with E-state index in [9.17, 15) is 4.79 Å². The molecule has 1 N–H and O–H groups in total. The van der Waals surface area contributed by atoms with Gasteiger partial charge in [-0.2, -0.15) is 5.26 Å². The number of hydrogen-bond acceptors (Lipinski definition) is 2. The van der Waals surface area contributed by atoms with E-state index in [1.807, 2.05) is 6.07 Å². The molecule has 0 heterocycles. The maximum atomic E-state index is 11.9. The minimum atomic E-state index is -0.0335. The number of nitrogens with one attached hydrogen (secondary N) is 1. The zero-order valence-electron chi connectivity index (χ0n) is 9.75. The van der Waals surface area contributed by atoms with Crippen molar-refractivity contribution in [3.05, 3.63) is 28.8 Å². The van der Waals surface area contributed by atoms with Gasteiger partial charge in [-0.1, -0.05) is 25.4 Å². The molecule has 0 aliphatic heterocycles. The molecule has 17 heavy (non-hydrogen) atoms. The predicted molar refractivity (Wildman–Crippen MR) is 66.7 cm³/mol. The van der Waals surface area contributed by atoms with Crippen LogP contribution >= 0.6 is 11.6 Å². The van der Waals surface area contributed by atoms with Crippen LogP contribution in [-0.2, 0) is 4.79 Å². The molecule has 0 radical (unpaired) electrons. The number of amides is 1. The van der Waals surface area contributed by atoms with E-state index < -0.39 is 0 Å². The second-order valence-corrected chi connectivity index (χ2v) is 5.47. The molecule has 1 saturated carbocycles. The van der Waals surface area contributed by atoms with Crippen molar-refractivity contribution >= 4 is 23.2 Å². The Hall–Kier alpha value is -1.53. The number of carbonyl (C=O) groups excluding carboxylic acids is 1. The highest BCUT2D eigenvalue weighted by Gasteiger charge is 2.50. The number of nitriles is 1. The lowest BCUT2D eigenvalue weighted by Crippen LogP contribution is -2.17. The Morgan fingerprint density at radius 1 is 1.59 bits per heavy atom. The number of benzene rings is 1. The van der Waals surface area contributed by atoms with Gasteiger partial charge in [0.15, 0.2) is 0 Å². The third-order valence-electron chi connectivity index (χ3n) is 3.19. The Morgan fingerprint density at radius 3 is 2.76 bits per heavy atom. The first-order valence-corrected chi connectivity index (χ1v) is 5.82. The summed E-state index contributed by atoms with van der Waals surface area (Å²) in [5.41, 5.74) is 1.00. The van der Waals surface area contributed by atoms with E-state index in [2.05, 4.69) is 19.2 Å². The van der Waals surface area contributed by atoms with Crippen LogP contribution in [0.5, 0.6) is 0 Å². The monoisotopic (exact) mass is 248 g/mol. The summed E-state index contributed by atoms with van der Waals surface area (Å²) in [4.78, 5) is 11.9. The highest BCUT2D eigenvalue weighted by Crippen LogP contribution is 2.52. The number of anilines is 1. The van der Waals surface area contributed by atoms with E-state index in [1.54, 1.807) is 18.2 Å². The van der Waals surface area contributed by atoms with E-state index in [0.717, 1.165) is 6.42 Å². The van der Waals surface area contributed by atoms with Gasteiger partial charge in [0.05, 0.1) is 11.3 Å². The van der Waals surface area contributed by atoms with E-state index in [-0.39, 0.29) is 17.2 Å². The second kappa shape index (κ2) is 4.05. The van der Waals surface area contributed by atoms with Crippen LogP contribution in [0, 0.1) is 22.7 Å². The van der Waals surface area contributed by atoms with E-state index >= 15 is 0 Å². The van der Waals surface area contributed by atoms with E-state index in [0.29, 0.717) is 16.3 Å². The average Bonchev–Trinajstić information content (AvgIpc) is 2.88. The predicted octanol–water partition coefficient (Wildman–Crippen LogP) is 3.20. The van der Waals surface area contributed by atoms with Gasteiger partial charge in [0.25, 0.3) is 0 Å². The van der Waals surface area contributed by atoms with Crippen molar-refractivity contribution in [3.8, 4) is 6.07 Å². The second-order valence-electron chi connectivity index (χ2n) is 5.04. The van der Waals surface area contributed by atoms with Crippen molar-refractivity contribution < 1.29 is 4.79 Å². The maximum absolute atomic E-state index is 11.9. The van der Waals surface area contributed by atoms with Gasteiger partial charge in [-0.05, 0) is 30.0 Å². The summed E-state index contributed by atoms with van der Waals surface area (Å²) in [5, 5.41) is 12.2. The molecule has 1 unspecified atom stereocenters. The van der Waals surface area contributed by atoms with Gasteiger partial charge in [0.2, 0.25) is 5.91 Å². The first kappa shape index (κ1) is 11.9. The lowest BCUT2D eigenvalue weighted by Gasteiger charge is -2.08. The van der Waals surface area contributed by atoms with Crippen LogP contribution in [0.3, 0.4) is 0 Å². The summed E-state index contributed by atoms with van der Waals surface area (Å²) in [6, 6.07) is 6.88. The zero-order chi connectivity index (χ0) is 12.6. The van der Waals surface area contributed by atoms with Crippen LogP contribution < -0.4 is 5.32 Å². The third kappa shape index (κ3) is 2.42. The summed E-state index contributed by atoms with van der Waals surface area (Å²) in [7, 11) is 0. The quantitative estimate of drug-likeness (QED) is 0.874. The highest BCUT2D eigenvalue weighted by atomic mass is 35.5. The van der Waals surface area contributed by atoms with Gasteiger partial charge in [-0.3, -0.25) is 4.79 Å². The minimum absolute atomic E-state index is 0.0335. The van der Waals surface area contributed by atoms with Gasteiger partial charge in [0, 0.05) is 10.9 Å². The number of halogens is 1. The van der Waals surface area contributed by atoms with E-state index in [1.165, 1.54) is 0 Å². The van der Waals surface area contributed by atoms with E-state index in [4.69, 9.17) is 16.9 Å². The molecule has 1 fully saturated rings. The standard InChI is InChI=1S/C13H13ClN2O/c1-13(2)6-10(13)12(17)16-11-5-9(14)4-3-8(11)7-15/h3-5,10H,6H2,1-2H3,(H,16,17). The van der Waals surface area contributed by atoms with Gasteiger partial charge in [-0.25, -0.2) is 0 Å². The first-order valence-electron chi connectivity index (χ1n) is 5.44. The van der Waals surface area contributed by atoms with Crippen LogP contribution in [0.4, 0.5) is 5.69 Å². The SMILES string of the molecule is CC1(C)CC1C(=O)Nc1cc(Cl)ccc1C#N. The molecule has 2 rings (SSSR count). The highest BCUT2D eigenvalue weighted by molar-refractivity contribution is 6.31. The Labute approximate surface area is 105 Å². The normalized spacial score (nSPS) is 20.5. The molecule has 0 aromatic heterocycles. The summed E-state index contributed by atoms with van der Waals surface area (Å²) in [5.74, 6) is 0.00166. The maximum Gasteiger partial charge on any atom is 0.228 e. The fourth-order valence-electron chi connectivity index (χ4n) is 1.85. The molecule has 88 valence electrons. The molecular formula is C13H13ClN2O. The minimum Gasteiger partial charge on any atom is -0.325 e. The number of carbonyl (C=O) groups is 1. The summed E-state index contributed by atoms with van der Waals surface area (Å²) >= 11 is 5.85. The number of nitrogens with zero attached hydrogens (tertiary/aromatic N) is 1. The Bertz CT molecular complexity index is 517. The van der Waals surface area contributed by atoms with Gasteiger partial charge >= 0.3 is 0 Å². The van der Waals surface area contributed by atoms with Crippen LogP contribution in [0.1, 0.15) is 25.8 Å². The van der Waals surface area contributed by atoms with Crippen molar-refractivity contribution in [1.29, 1.82) is 5.26 Å². The summed E-state index contributed by atoms with van der Waals surface area (Å²) in [6.45, 7) is 4.11. The molecule has 0 spiro atoms. The molecule has 1 aromatic rings. The van der Waals surface area contributed by atoms with Crippen molar-refractivity contribution in [2.45, 2.75) is 20.3 Å². The Kier molecular flexibility index (Phi) is 2.84. The fourth-order valence-corrected chi connectivity index (χ4v) is 2.02. The van der Waals surface area contributed by atoms with Gasteiger partial charge in [-0.15, -0.1) is 0 Å². The number of rotatable bonds is 2. The lowest BCUT2D eigenvalue weighted by atomic mass is 10.1. The smallest absolute Gasteiger partial charge is 0.228 e. The molecule has 3 nitrogen and oxygen atoms in total. The Morgan fingerprint density at radius 2 is 2.24 bits per heavy atom. The topological polar surface area (TPSA) is 52.9 Å². The van der Waals surface area contributed by atoms with Gasteiger partial charge < -0.3 is 5.32 Å². The average molecular weight is 249 g/mol. The molecule has 1 amide bonds. The largest absolute Gasteiger partial charge is 0.325 e. The first-order chi connectivity index (χ1) is 7.94. The Balaban J connectivity index is 2.17. The lowest BCUT2D eigenvalue weighted by molar-refractivity contribution is -0.118. The molecule has 0 saturated heterocycles. The molecule has 0 bridgehead atoms. The van der Waals surface area contributed by atoms with Crippen LogP contribution in [0.2, 0.25) is 5.02 Å². The van der Waals surface area contributed by atoms with Gasteiger partial charge in [0.1, 0.15) is 6.07 Å². The molecular weight excluding hydrogens is 236 g/mol. The molecule has 4 heteroatoms. The fraction of sp³-hybridized carbons (Fsp3) is 0.385. The zero-order valence-corrected chi connectivity index (χ0v) is 10.5.